The van der Waals surface area contributed by atoms with Gasteiger partial charge in [0.25, 0.3) is 0 Å². The van der Waals surface area contributed by atoms with Crippen molar-refractivity contribution in [3.8, 4) is 44.5 Å². The Kier molecular flexibility index (Phi) is 5.99. The molecular formula is C57H32O2. The third-order valence-corrected chi connectivity index (χ3v) is 13.5. The molecule has 0 N–H and O–H groups in total. The lowest BCUT2D eigenvalue weighted by molar-refractivity contribution is 0.663. The minimum Gasteiger partial charge on any atom is -0.455 e. The quantitative estimate of drug-likeness (QED) is 0.165. The van der Waals surface area contributed by atoms with Crippen molar-refractivity contribution < 1.29 is 8.83 Å². The first kappa shape index (κ1) is 31.4. The summed E-state index contributed by atoms with van der Waals surface area (Å²) in [5.74, 6) is 0. The third kappa shape index (κ3) is 3.87. The van der Waals surface area contributed by atoms with Gasteiger partial charge in [-0.05, 0) is 101 Å². The van der Waals surface area contributed by atoms with E-state index in [4.69, 9.17) is 8.83 Å². The highest BCUT2D eigenvalue weighted by molar-refractivity contribution is 6.29. The standard InChI is InChI=1S/C57H32O2/c1-3-21-41-39(19-1)52(33-29-30-37-36-17-7-12-26-48(36)57(49(37)31-33)46-24-10-5-15-34(46)35-16-6-11-25-47(35)57)40-20-2-4-22-42(40)53(41)45-32-44-38-18-8-13-27-50(38)58-55(44)54-43-23-9-14-28-51(43)59-56(45)54/h1-32H. The molecule has 0 aliphatic heterocycles. The van der Waals surface area contributed by atoms with Crippen LogP contribution in [0.1, 0.15) is 22.3 Å². The van der Waals surface area contributed by atoms with E-state index in [1.165, 1.54) is 82.7 Å². The lowest BCUT2D eigenvalue weighted by Gasteiger charge is -2.30. The van der Waals surface area contributed by atoms with Gasteiger partial charge in [-0.3, -0.25) is 0 Å². The van der Waals surface area contributed by atoms with Crippen LogP contribution < -0.4 is 0 Å². The SMILES string of the molecule is c1ccc2c(c1)-c1ccccc1C21c2ccccc2-c2ccc(-c3c4ccccc4c(-c4cc5c6ccccc6oc5c5c4oc4ccccc45)c4ccccc34)cc21. The molecule has 2 heteroatoms. The van der Waals surface area contributed by atoms with Crippen molar-refractivity contribution in [1.29, 1.82) is 0 Å². The Balaban J connectivity index is 1.10. The van der Waals surface area contributed by atoms with Crippen LogP contribution in [0.4, 0.5) is 0 Å². The molecule has 272 valence electrons. The topological polar surface area (TPSA) is 26.3 Å². The van der Waals surface area contributed by atoms with Gasteiger partial charge >= 0.3 is 0 Å². The number of fused-ring (bicyclic) bond motifs is 19. The number of furan rings is 2. The molecule has 0 fully saturated rings. The maximum absolute atomic E-state index is 6.89. The van der Waals surface area contributed by atoms with Gasteiger partial charge in [-0.15, -0.1) is 0 Å². The van der Waals surface area contributed by atoms with Crippen LogP contribution in [0, 0.1) is 0 Å². The van der Waals surface area contributed by atoms with Crippen molar-refractivity contribution >= 4 is 65.4 Å². The molecule has 0 bridgehead atoms. The van der Waals surface area contributed by atoms with Crippen LogP contribution in [0.5, 0.6) is 0 Å². The van der Waals surface area contributed by atoms with Gasteiger partial charge in [0.15, 0.2) is 0 Å². The predicted octanol–water partition coefficient (Wildman–Crippen LogP) is 15.5. The zero-order chi connectivity index (χ0) is 38.4. The van der Waals surface area contributed by atoms with Gasteiger partial charge in [-0.1, -0.05) is 170 Å². The monoisotopic (exact) mass is 748 g/mol. The Morgan fingerprint density at radius 1 is 0.288 bits per heavy atom. The van der Waals surface area contributed by atoms with Gasteiger partial charge in [0.1, 0.15) is 22.3 Å². The Morgan fingerprint density at radius 2 is 0.729 bits per heavy atom. The highest BCUT2D eigenvalue weighted by Crippen LogP contribution is 2.63. The summed E-state index contributed by atoms with van der Waals surface area (Å²) < 4.78 is 13.5. The Labute approximate surface area is 339 Å². The van der Waals surface area contributed by atoms with Crippen molar-refractivity contribution in [3.63, 3.8) is 0 Å². The summed E-state index contributed by atoms with van der Waals surface area (Å²) >= 11 is 0. The molecule has 2 aromatic heterocycles. The molecule has 0 saturated heterocycles. The lowest BCUT2D eigenvalue weighted by atomic mass is 9.70. The van der Waals surface area contributed by atoms with E-state index >= 15 is 0 Å². The van der Waals surface area contributed by atoms with Crippen molar-refractivity contribution in [2.24, 2.45) is 0 Å². The molecule has 10 aromatic carbocycles. The first-order valence-corrected chi connectivity index (χ1v) is 20.4. The Hall–Kier alpha value is -7.68. The fourth-order valence-electron chi connectivity index (χ4n) is 11.2. The summed E-state index contributed by atoms with van der Waals surface area (Å²) in [5.41, 5.74) is 18.3. The smallest absolute Gasteiger partial charge is 0.147 e. The van der Waals surface area contributed by atoms with E-state index < -0.39 is 5.41 Å². The molecule has 0 unspecified atom stereocenters. The van der Waals surface area contributed by atoms with Crippen LogP contribution in [0.3, 0.4) is 0 Å². The van der Waals surface area contributed by atoms with E-state index in [1.807, 2.05) is 12.1 Å². The van der Waals surface area contributed by atoms with E-state index in [-0.39, 0.29) is 0 Å². The van der Waals surface area contributed by atoms with E-state index in [9.17, 15) is 0 Å². The normalized spacial score (nSPS) is 13.6. The summed E-state index contributed by atoms with van der Waals surface area (Å²) in [5, 5.41) is 9.05. The molecule has 12 aromatic rings. The largest absolute Gasteiger partial charge is 0.455 e. The fourth-order valence-corrected chi connectivity index (χ4v) is 11.2. The number of para-hydroxylation sites is 2. The summed E-state index contributed by atoms with van der Waals surface area (Å²) in [4.78, 5) is 0. The van der Waals surface area contributed by atoms with Crippen molar-refractivity contribution in [2.45, 2.75) is 5.41 Å². The first-order valence-electron chi connectivity index (χ1n) is 20.4. The van der Waals surface area contributed by atoms with Crippen molar-refractivity contribution in [1.82, 2.24) is 0 Å². The van der Waals surface area contributed by atoms with Gasteiger partial charge in [0, 0.05) is 27.3 Å². The second kappa shape index (κ2) is 11.2. The molecule has 2 aliphatic carbocycles. The van der Waals surface area contributed by atoms with E-state index in [1.54, 1.807) is 0 Å². The lowest BCUT2D eigenvalue weighted by Crippen LogP contribution is -2.25. The van der Waals surface area contributed by atoms with Gasteiger partial charge in [0.2, 0.25) is 0 Å². The van der Waals surface area contributed by atoms with Gasteiger partial charge in [0.05, 0.1) is 10.8 Å². The van der Waals surface area contributed by atoms with Crippen LogP contribution in [0.25, 0.3) is 110 Å². The average Bonchev–Trinajstić information content (AvgIpc) is 4.03. The number of hydrogen-bond acceptors (Lipinski definition) is 2. The zero-order valence-electron chi connectivity index (χ0n) is 31.8. The summed E-state index contributed by atoms with van der Waals surface area (Å²) in [6.45, 7) is 0. The maximum atomic E-state index is 6.89. The van der Waals surface area contributed by atoms with Gasteiger partial charge in [-0.25, -0.2) is 0 Å². The first-order chi connectivity index (χ1) is 29.3. The molecule has 0 saturated carbocycles. The van der Waals surface area contributed by atoms with Crippen LogP contribution in [0.2, 0.25) is 0 Å². The molecule has 2 aliphatic rings. The summed E-state index contributed by atoms with van der Waals surface area (Å²) in [7, 11) is 0. The van der Waals surface area contributed by atoms with Gasteiger partial charge < -0.3 is 8.83 Å². The highest BCUT2D eigenvalue weighted by Gasteiger charge is 2.51. The number of rotatable bonds is 2. The molecule has 59 heavy (non-hydrogen) atoms. The molecule has 1 spiro atoms. The van der Waals surface area contributed by atoms with Crippen molar-refractivity contribution in [3.05, 3.63) is 216 Å². The minimum atomic E-state index is -0.420. The summed E-state index contributed by atoms with van der Waals surface area (Å²) in [6.07, 6.45) is 0. The van der Waals surface area contributed by atoms with Crippen LogP contribution in [-0.4, -0.2) is 0 Å². The maximum Gasteiger partial charge on any atom is 0.147 e. The van der Waals surface area contributed by atoms with E-state index in [0.29, 0.717) is 0 Å². The second-order valence-corrected chi connectivity index (χ2v) is 16.2. The number of hydrogen-bond donors (Lipinski definition) is 0. The van der Waals surface area contributed by atoms with Gasteiger partial charge in [-0.2, -0.15) is 0 Å². The molecule has 2 heterocycles. The van der Waals surface area contributed by atoms with Crippen molar-refractivity contribution in [2.75, 3.05) is 0 Å². The summed E-state index contributed by atoms with van der Waals surface area (Å²) in [6, 6.07) is 71.3. The second-order valence-electron chi connectivity index (χ2n) is 16.2. The molecular weight excluding hydrogens is 717 g/mol. The van der Waals surface area contributed by atoms with Crippen LogP contribution >= 0.6 is 0 Å². The molecule has 0 amide bonds. The molecule has 2 nitrogen and oxygen atoms in total. The zero-order valence-corrected chi connectivity index (χ0v) is 31.8. The third-order valence-electron chi connectivity index (χ3n) is 13.5. The number of benzene rings is 10. The average molecular weight is 749 g/mol. The molecule has 0 radical (unpaired) electrons. The minimum absolute atomic E-state index is 0.420. The molecule has 0 atom stereocenters. The Morgan fingerprint density at radius 3 is 1.32 bits per heavy atom. The predicted molar refractivity (Wildman–Crippen MR) is 243 cm³/mol. The molecule has 14 rings (SSSR count). The highest BCUT2D eigenvalue weighted by atomic mass is 16.3. The van der Waals surface area contributed by atoms with E-state index in [0.717, 1.165) is 49.4 Å². The van der Waals surface area contributed by atoms with E-state index in [2.05, 4.69) is 182 Å². The fraction of sp³-hybridized carbons (Fsp3) is 0.0175. The van der Waals surface area contributed by atoms with Crippen LogP contribution in [0.15, 0.2) is 203 Å². The Bertz CT molecular complexity index is 3680. The van der Waals surface area contributed by atoms with Crippen LogP contribution in [-0.2, 0) is 5.41 Å².